The number of hydrogen-bond acceptors (Lipinski definition) is 9. The van der Waals surface area contributed by atoms with Crippen molar-refractivity contribution in [3.05, 3.63) is 60.4 Å². The summed E-state index contributed by atoms with van der Waals surface area (Å²) in [6, 6.07) is 13.0. The van der Waals surface area contributed by atoms with Gasteiger partial charge in [-0.1, -0.05) is 11.3 Å². The molecule has 5 rings (SSSR count). The van der Waals surface area contributed by atoms with Crippen molar-refractivity contribution in [2.45, 2.75) is 0 Å². The topological polar surface area (TPSA) is 108 Å². The van der Waals surface area contributed by atoms with Crippen LogP contribution in [0.25, 0.3) is 22.9 Å². The minimum atomic E-state index is -0.0484. The van der Waals surface area contributed by atoms with Gasteiger partial charge in [0.05, 0.1) is 27.0 Å². The number of benzene rings is 2. The number of aromatic nitrogens is 5. The predicted octanol–water partition coefficient (Wildman–Crippen LogP) is 2.60. The number of rotatable bonds is 7. The van der Waals surface area contributed by atoms with Crippen LogP contribution in [0, 0.1) is 0 Å². The predicted molar refractivity (Wildman–Crippen MR) is 138 cm³/mol. The number of fused-ring (bicyclic) bond motifs is 1. The molecule has 0 aliphatic carbocycles. The molecule has 1 aliphatic rings. The number of hydrogen-bond donors (Lipinski definition) is 0. The highest BCUT2D eigenvalue weighted by molar-refractivity contribution is 5.92. The molecule has 190 valence electrons. The maximum absolute atomic E-state index is 12.8. The van der Waals surface area contributed by atoms with E-state index in [0.29, 0.717) is 54.7 Å². The van der Waals surface area contributed by atoms with E-state index >= 15 is 0 Å². The zero-order chi connectivity index (χ0) is 25.8. The summed E-state index contributed by atoms with van der Waals surface area (Å²) in [6.45, 7) is 2.37. The maximum Gasteiger partial charge on any atom is 0.246 e. The first-order chi connectivity index (χ1) is 18.1. The molecule has 1 amide bonds. The number of amides is 1. The van der Waals surface area contributed by atoms with Crippen LogP contribution >= 0.6 is 0 Å². The average Bonchev–Trinajstić information content (AvgIpc) is 3.40. The number of nitrogens with zero attached hydrogens (tertiary/aromatic N) is 7. The van der Waals surface area contributed by atoms with Crippen LogP contribution in [0.3, 0.4) is 0 Å². The molecule has 2 aromatic heterocycles. The zero-order valence-corrected chi connectivity index (χ0v) is 20.9. The van der Waals surface area contributed by atoms with E-state index in [1.165, 1.54) is 6.33 Å². The number of carbonyl (C=O) groups excluding carboxylic acids is 1. The number of piperazine rings is 1. The third-order valence-corrected chi connectivity index (χ3v) is 6.25. The first-order valence-electron chi connectivity index (χ1n) is 11.8. The number of anilines is 1. The first-order valence-corrected chi connectivity index (χ1v) is 11.8. The molecule has 2 aromatic carbocycles. The van der Waals surface area contributed by atoms with E-state index in [9.17, 15) is 4.79 Å². The number of methoxy groups -OCH3 is 3. The third-order valence-electron chi connectivity index (χ3n) is 6.25. The third kappa shape index (κ3) is 4.88. The van der Waals surface area contributed by atoms with Crippen molar-refractivity contribution in [2.24, 2.45) is 0 Å². The lowest BCUT2D eigenvalue weighted by Gasteiger charge is -2.34. The van der Waals surface area contributed by atoms with Crippen LogP contribution in [-0.4, -0.2) is 83.3 Å². The summed E-state index contributed by atoms with van der Waals surface area (Å²) in [5.74, 6) is 2.68. The van der Waals surface area contributed by atoms with E-state index < -0.39 is 0 Å². The summed E-state index contributed by atoms with van der Waals surface area (Å²) >= 11 is 0. The molecule has 1 aliphatic heterocycles. The summed E-state index contributed by atoms with van der Waals surface area (Å²) < 4.78 is 17.5. The summed E-state index contributed by atoms with van der Waals surface area (Å²) in [5.41, 5.74) is 2.91. The number of carbonyl (C=O) groups is 1. The van der Waals surface area contributed by atoms with Crippen LogP contribution < -0.4 is 19.1 Å². The van der Waals surface area contributed by atoms with E-state index in [1.807, 2.05) is 47.4 Å². The Bertz CT molecular complexity index is 1430. The molecule has 11 heteroatoms. The van der Waals surface area contributed by atoms with Gasteiger partial charge in [-0.05, 0) is 48.0 Å². The molecule has 0 radical (unpaired) electrons. The lowest BCUT2D eigenvalue weighted by Crippen LogP contribution is -2.48. The lowest BCUT2D eigenvalue weighted by molar-refractivity contribution is -0.126. The van der Waals surface area contributed by atoms with Crippen molar-refractivity contribution in [1.29, 1.82) is 0 Å². The molecule has 0 unspecified atom stereocenters. The lowest BCUT2D eigenvalue weighted by atomic mass is 10.2. The van der Waals surface area contributed by atoms with Gasteiger partial charge >= 0.3 is 0 Å². The van der Waals surface area contributed by atoms with E-state index in [1.54, 1.807) is 38.2 Å². The molecule has 0 spiro atoms. The molecule has 11 nitrogen and oxygen atoms in total. The van der Waals surface area contributed by atoms with Gasteiger partial charge in [0, 0.05) is 32.3 Å². The largest absolute Gasteiger partial charge is 0.497 e. The SMILES string of the molecule is COc1ccc(-n2nnc3c(N4CCN(C(=O)/C=C\c5ccc(OC)c(OC)c5)CC4)ncnc32)cc1. The smallest absolute Gasteiger partial charge is 0.246 e. The minimum Gasteiger partial charge on any atom is -0.497 e. The van der Waals surface area contributed by atoms with Crippen molar-refractivity contribution in [3.8, 4) is 22.9 Å². The van der Waals surface area contributed by atoms with Crippen molar-refractivity contribution in [2.75, 3.05) is 52.4 Å². The molecule has 1 fully saturated rings. The Hall–Kier alpha value is -4.67. The van der Waals surface area contributed by atoms with Crippen LogP contribution in [0.2, 0.25) is 0 Å². The highest BCUT2D eigenvalue weighted by atomic mass is 16.5. The molecular weight excluding hydrogens is 474 g/mol. The number of ether oxygens (including phenoxy) is 3. The van der Waals surface area contributed by atoms with E-state index in [-0.39, 0.29) is 5.91 Å². The monoisotopic (exact) mass is 501 g/mol. The van der Waals surface area contributed by atoms with E-state index in [4.69, 9.17) is 14.2 Å². The second-order valence-corrected chi connectivity index (χ2v) is 8.33. The minimum absolute atomic E-state index is 0.0484. The normalized spacial score (nSPS) is 13.8. The quantitative estimate of drug-likeness (QED) is 0.353. The Morgan fingerprint density at radius 1 is 0.892 bits per heavy atom. The van der Waals surface area contributed by atoms with Gasteiger partial charge in [0.25, 0.3) is 0 Å². The van der Waals surface area contributed by atoms with Crippen molar-refractivity contribution in [1.82, 2.24) is 29.9 Å². The highest BCUT2D eigenvalue weighted by Gasteiger charge is 2.24. The molecule has 1 saturated heterocycles. The second-order valence-electron chi connectivity index (χ2n) is 8.33. The summed E-state index contributed by atoms with van der Waals surface area (Å²) in [7, 11) is 4.80. The summed E-state index contributed by atoms with van der Waals surface area (Å²) in [5, 5.41) is 8.66. The molecule has 0 saturated carbocycles. The molecule has 37 heavy (non-hydrogen) atoms. The molecule has 0 bridgehead atoms. The molecular formula is C26H27N7O4. The molecule has 4 aromatic rings. The van der Waals surface area contributed by atoms with Gasteiger partial charge < -0.3 is 24.0 Å². The van der Waals surface area contributed by atoms with E-state index in [0.717, 1.165) is 17.0 Å². The van der Waals surface area contributed by atoms with Gasteiger partial charge in [0.15, 0.2) is 28.5 Å². The van der Waals surface area contributed by atoms with Crippen molar-refractivity contribution >= 4 is 29.0 Å². The molecule has 0 atom stereocenters. The Kier molecular flexibility index (Phi) is 6.84. The standard InChI is InChI=1S/C26H27N7O4/c1-35-20-8-6-19(7-9-20)33-26-24(29-30-33)25(27-17-28-26)32-14-12-31(13-15-32)23(34)11-5-18-4-10-21(36-2)22(16-18)37-3/h4-11,16-17H,12-15H2,1-3H3/b11-5-. The highest BCUT2D eigenvalue weighted by Crippen LogP contribution is 2.28. The van der Waals surface area contributed by atoms with Crippen molar-refractivity contribution in [3.63, 3.8) is 0 Å². The van der Waals surface area contributed by atoms with Crippen LogP contribution in [0.4, 0.5) is 5.82 Å². The molecule has 3 heterocycles. The first kappa shape index (κ1) is 24.0. The van der Waals surface area contributed by atoms with Crippen LogP contribution in [-0.2, 0) is 4.79 Å². The van der Waals surface area contributed by atoms with Crippen LogP contribution in [0.5, 0.6) is 17.2 Å². The van der Waals surface area contributed by atoms with E-state index in [2.05, 4.69) is 25.2 Å². The van der Waals surface area contributed by atoms with Crippen molar-refractivity contribution < 1.29 is 19.0 Å². The fourth-order valence-electron chi connectivity index (χ4n) is 4.23. The molecule has 0 N–H and O–H groups in total. The van der Waals surface area contributed by atoms with Gasteiger partial charge in [0.1, 0.15) is 12.1 Å². The van der Waals surface area contributed by atoms with Gasteiger partial charge in [-0.15, -0.1) is 5.10 Å². The van der Waals surface area contributed by atoms with Crippen LogP contribution in [0.1, 0.15) is 5.56 Å². The zero-order valence-electron chi connectivity index (χ0n) is 20.9. The van der Waals surface area contributed by atoms with Crippen LogP contribution in [0.15, 0.2) is 54.9 Å². The Morgan fingerprint density at radius 3 is 2.35 bits per heavy atom. The fourth-order valence-corrected chi connectivity index (χ4v) is 4.23. The van der Waals surface area contributed by atoms with Gasteiger partial charge in [-0.3, -0.25) is 4.79 Å². The Labute approximate surface area is 213 Å². The second kappa shape index (κ2) is 10.5. The van der Waals surface area contributed by atoms with Gasteiger partial charge in [0.2, 0.25) is 5.91 Å². The maximum atomic E-state index is 12.8. The van der Waals surface area contributed by atoms with Gasteiger partial charge in [-0.25, -0.2) is 9.97 Å². The Balaban J connectivity index is 1.26. The fraction of sp³-hybridized carbons (Fsp3) is 0.269. The summed E-state index contributed by atoms with van der Waals surface area (Å²) in [4.78, 5) is 25.6. The summed E-state index contributed by atoms with van der Waals surface area (Å²) in [6.07, 6.45) is 4.88. The Morgan fingerprint density at radius 2 is 1.65 bits per heavy atom. The van der Waals surface area contributed by atoms with Gasteiger partial charge in [-0.2, -0.15) is 4.68 Å². The average molecular weight is 502 g/mol.